The van der Waals surface area contributed by atoms with Crippen LogP contribution < -0.4 is 4.90 Å². The smallest absolute Gasteiger partial charge is 0.293 e. The molecular formula is C17H17N3O4S. The van der Waals surface area contributed by atoms with E-state index < -0.39 is 16.7 Å². The lowest BCUT2D eigenvalue weighted by atomic mass is 9.92. The van der Waals surface area contributed by atoms with Gasteiger partial charge in [-0.1, -0.05) is 31.9 Å². The molecule has 25 heavy (non-hydrogen) atoms. The van der Waals surface area contributed by atoms with Gasteiger partial charge in [0.25, 0.3) is 17.5 Å². The molecule has 0 saturated heterocycles. The van der Waals surface area contributed by atoms with Crippen LogP contribution in [0.2, 0.25) is 0 Å². The summed E-state index contributed by atoms with van der Waals surface area (Å²) in [6.07, 6.45) is 0.816. The van der Waals surface area contributed by atoms with E-state index in [1.807, 2.05) is 18.7 Å². The van der Waals surface area contributed by atoms with E-state index in [1.54, 1.807) is 18.2 Å². The molecule has 0 radical (unpaired) electrons. The van der Waals surface area contributed by atoms with Crippen molar-refractivity contribution in [2.75, 3.05) is 18.0 Å². The highest BCUT2D eigenvalue weighted by Gasteiger charge is 2.35. The number of imide groups is 1. The first-order valence-corrected chi connectivity index (χ1v) is 8.39. The van der Waals surface area contributed by atoms with Crippen LogP contribution in [0, 0.1) is 10.1 Å². The van der Waals surface area contributed by atoms with Gasteiger partial charge < -0.3 is 4.90 Å². The third kappa shape index (κ3) is 2.53. The van der Waals surface area contributed by atoms with E-state index in [-0.39, 0.29) is 11.3 Å². The molecule has 1 heterocycles. The summed E-state index contributed by atoms with van der Waals surface area (Å²) in [7, 11) is 0. The van der Waals surface area contributed by atoms with E-state index in [9.17, 15) is 19.7 Å². The molecule has 0 bridgehead atoms. The number of benzene rings is 2. The normalized spacial score (nSPS) is 13.5. The minimum Gasteiger partial charge on any atom is -0.366 e. The Morgan fingerprint density at radius 3 is 2.48 bits per heavy atom. The molecule has 0 unspecified atom stereocenters. The summed E-state index contributed by atoms with van der Waals surface area (Å²) in [6, 6.07) is 6.26. The second-order valence-corrected chi connectivity index (χ2v) is 6.18. The zero-order chi connectivity index (χ0) is 18.3. The Balaban J connectivity index is 2.46. The fourth-order valence-corrected chi connectivity index (χ4v) is 3.51. The molecule has 2 aromatic rings. The van der Waals surface area contributed by atoms with Gasteiger partial charge in [0.05, 0.1) is 10.5 Å². The van der Waals surface area contributed by atoms with Gasteiger partial charge in [-0.3, -0.25) is 19.7 Å². The van der Waals surface area contributed by atoms with Gasteiger partial charge in [-0.25, -0.2) is 4.31 Å². The molecule has 7 nitrogen and oxygen atoms in total. The Morgan fingerprint density at radius 1 is 1.20 bits per heavy atom. The Morgan fingerprint density at radius 2 is 1.88 bits per heavy atom. The van der Waals surface area contributed by atoms with Crippen LogP contribution in [0.1, 0.15) is 41.0 Å². The van der Waals surface area contributed by atoms with E-state index in [1.165, 1.54) is 6.07 Å². The summed E-state index contributed by atoms with van der Waals surface area (Å²) in [5.41, 5.74) is 0.761. The summed E-state index contributed by atoms with van der Waals surface area (Å²) in [6.45, 7) is 5.12. The lowest BCUT2D eigenvalue weighted by Crippen LogP contribution is -2.33. The van der Waals surface area contributed by atoms with Crippen molar-refractivity contribution in [3.8, 4) is 0 Å². The van der Waals surface area contributed by atoms with Crippen LogP contribution in [0.5, 0.6) is 0 Å². The maximum Gasteiger partial charge on any atom is 0.293 e. The standard InChI is InChI=1S/C17H17N3O4S/c1-3-8-18(4-2)15-10-6-5-7-11-14(10)12(9-13(15)20(23)24)17(22)19(25)16(11)21/h5-7,9,25H,3-4,8H2,1-2H3. The number of nitro benzene ring substituents is 1. The van der Waals surface area contributed by atoms with Crippen LogP contribution in [-0.2, 0) is 0 Å². The Bertz CT molecular complexity index is 912. The minimum atomic E-state index is -0.648. The minimum absolute atomic E-state index is 0.128. The number of amides is 2. The lowest BCUT2D eigenvalue weighted by molar-refractivity contribution is -0.384. The largest absolute Gasteiger partial charge is 0.366 e. The number of hydrogen-bond donors (Lipinski definition) is 1. The Hall–Kier alpha value is -2.61. The Labute approximate surface area is 149 Å². The monoisotopic (exact) mass is 359 g/mol. The number of carbonyl (C=O) groups is 2. The molecule has 0 N–H and O–H groups in total. The quantitative estimate of drug-likeness (QED) is 0.383. The molecule has 130 valence electrons. The fourth-order valence-electron chi connectivity index (χ4n) is 3.29. The topological polar surface area (TPSA) is 83.8 Å². The average Bonchev–Trinajstić information content (AvgIpc) is 2.61. The third-order valence-corrected chi connectivity index (χ3v) is 4.71. The van der Waals surface area contributed by atoms with E-state index in [0.717, 1.165) is 6.42 Å². The van der Waals surface area contributed by atoms with Crippen LogP contribution in [0.25, 0.3) is 10.8 Å². The highest BCUT2D eigenvalue weighted by molar-refractivity contribution is 7.79. The molecule has 2 aromatic carbocycles. The van der Waals surface area contributed by atoms with E-state index in [4.69, 9.17) is 0 Å². The predicted octanol–water partition coefficient (Wildman–Crippen LogP) is 3.43. The molecule has 2 amide bonds. The van der Waals surface area contributed by atoms with Crippen molar-refractivity contribution >= 4 is 46.8 Å². The molecule has 8 heteroatoms. The number of rotatable bonds is 5. The molecular weight excluding hydrogens is 342 g/mol. The van der Waals surface area contributed by atoms with E-state index in [2.05, 4.69) is 12.8 Å². The second kappa shape index (κ2) is 6.36. The molecule has 0 aliphatic carbocycles. The average molecular weight is 359 g/mol. The van der Waals surface area contributed by atoms with Crippen molar-refractivity contribution in [1.82, 2.24) is 4.31 Å². The zero-order valence-electron chi connectivity index (χ0n) is 13.9. The van der Waals surface area contributed by atoms with Gasteiger partial charge in [0.15, 0.2) is 0 Å². The molecule has 1 aliphatic heterocycles. The molecule has 0 saturated carbocycles. The van der Waals surface area contributed by atoms with Crippen molar-refractivity contribution < 1.29 is 14.5 Å². The van der Waals surface area contributed by atoms with Crippen LogP contribution >= 0.6 is 12.8 Å². The molecule has 3 rings (SSSR count). The molecule has 1 aliphatic rings. The summed E-state index contributed by atoms with van der Waals surface area (Å²) in [4.78, 5) is 38.0. The van der Waals surface area contributed by atoms with Crippen molar-refractivity contribution in [2.24, 2.45) is 0 Å². The number of hydrogen-bond acceptors (Lipinski definition) is 6. The highest BCUT2D eigenvalue weighted by Crippen LogP contribution is 2.42. The number of nitrogens with zero attached hydrogens (tertiary/aromatic N) is 3. The second-order valence-electron chi connectivity index (χ2n) is 5.78. The van der Waals surface area contributed by atoms with Gasteiger partial charge in [-0.05, 0) is 19.4 Å². The van der Waals surface area contributed by atoms with Gasteiger partial charge in [0, 0.05) is 35.5 Å². The van der Waals surface area contributed by atoms with E-state index in [0.29, 0.717) is 39.4 Å². The molecule has 0 fully saturated rings. The number of carbonyl (C=O) groups excluding carboxylic acids is 2. The SMILES string of the molecule is CCCN(CC)c1c([N+](=O)[O-])cc2c3c(cccc13)C(=O)N(S)C2=O. The predicted molar refractivity (Wildman–Crippen MR) is 98.3 cm³/mol. The first kappa shape index (κ1) is 17.2. The van der Waals surface area contributed by atoms with Crippen LogP contribution in [-0.4, -0.2) is 34.1 Å². The maximum absolute atomic E-state index is 12.5. The van der Waals surface area contributed by atoms with Crippen LogP contribution in [0.3, 0.4) is 0 Å². The van der Waals surface area contributed by atoms with Gasteiger partial charge >= 0.3 is 0 Å². The summed E-state index contributed by atoms with van der Waals surface area (Å²) in [5, 5.41) is 12.7. The third-order valence-electron chi connectivity index (χ3n) is 4.35. The summed E-state index contributed by atoms with van der Waals surface area (Å²) < 4.78 is 0.699. The van der Waals surface area contributed by atoms with E-state index >= 15 is 0 Å². The zero-order valence-corrected chi connectivity index (χ0v) is 14.7. The Kier molecular flexibility index (Phi) is 4.38. The van der Waals surface area contributed by atoms with Gasteiger partial charge in [-0.2, -0.15) is 0 Å². The summed E-state index contributed by atoms with van der Waals surface area (Å²) >= 11 is 3.94. The van der Waals surface area contributed by atoms with Gasteiger partial charge in [-0.15, -0.1) is 0 Å². The fraction of sp³-hybridized carbons (Fsp3) is 0.294. The van der Waals surface area contributed by atoms with Crippen molar-refractivity contribution in [2.45, 2.75) is 20.3 Å². The molecule has 0 spiro atoms. The first-order chi connectivity index (χ1) is 11.9. The summed E-state index contributed by atoms with van der Waals surface area (Å²) in [5.74, 6) is -1.17. The maximum atomic E-state index is 12.5. The molecule has 0 aromatic heterocycles. The van der Waals surface area contributed by atoms with Gasteiger partial charge in [0.2, 0.25) is 0 Å². The van der Waals surface area contributed by atoms with Crippen molar-refractivity contribution in [3.63, 3.8) is 0 Å². The first-order valence-electron chi connectivity index (χ1n) is 7.99. The number of anilines is 1. The lowest BCUT2D eigenvalue weighted by Gasteiger charge is -2.27. The molecule has 0 atom stereocenters. The van der Waals surface area contributed by atoms with Crippen LogP contribution in [0.4, 0.5) is 11.4 Å². The number of nitro groups is 1. The highest BCUT2D eigenvalue weighted by atomic mass is 32.1. The van der Waals surface area contributed by atoms with Crippen LogP contribution in [0.15, 0.2) is 24.3 Å². The number of thiol groups is 1. The van der Waals surface area contributed by atoms with Crippen molar-refractivity contribution in [1.29, 1.82) is 0 Å². The van der Waals surface area contributed by atoms with Crippen molar-refractivity contribution in [3.05, 3.63) is 45.5 Å². The van der Waals surface area contributed by atoms with Gasteiger partial charge in [0.1, 0.15) is 5.69 Å².